The Hall–Kier alpha value is -0.300. The molecule has 1 unspecified atom stereocenters. The van der Waals surface area contributed by atoms with E-state index in [1.54, 1.807) is 0 Å². The number of rotatable bonds is 5. The first-order valence-corrected chi connectivity index (χ1v) is 4.48. The van der Waals surface area contributed by atoms with Crippen molar-refractivity contribution in [2.24, 2.45) is 0 Å². The van der Waals surface area contributed by atoms with Crippen LogP contribution in [0.3, 0.4) is 0 Å². The van der Waals surface area contributed by atoms with Crippen LogP contribution in [0.5, 0.6) is 0 Å². The first kappa shape index (κ1) is 10.7. The molecule has 0 spiro atoms. The van der Waals surface area contributed by atoms with Crippen LogP contribution in [0.1, 0.15) is 40.5 Å². The van der Waals surface area contributed by atoms with Gasteiger partial charge in [0.25, 0.3) is 0 Å². The fourth-order valence-electron chi connectivity index (χ4n) is 1.06. The maximum Gasteiger partial charge on any atom is 0.0224 e. The summed E-state index contributed by atoms with van der Waals surface area (Å²) in [7, 11) is 0. The van der Waals surface area contributed by atoms with E-state index in [-0.39, 0.29) is 5.54 Å². The summed E-state index contributed by atoms with van der Waals surface area (Å²) in [5, 5.41) is 3.52. The van der Waals surface area contributed by atoms with Crippen LogP contribution in [0.2, 0.25) is 0 Å². The molecule has 0 saturated heterocycles. The molecule has 0 bridgehead atoms. The van der Waals surface area contributed by atoms with Crippen molar-refractivity contribution in [2.75, 3.05) is 0 Å². The van der Waals surface area contributed by atoms with Gasteiger partial charge in [0.2, 0.25) is 0 Å². The Morgan fingerprint density at radius 3 is 2.18 bits per heavy atom. The molecule has 0 aliphatic carbocycles. The highest BCUT2D eigenvalue weighted by Crippen LogP contribution is 2.14. The summed E-state index contributed by atoms with van der Waals surface area (Å²) in [6, 6.07) is 0.417. The van der Waals surface area contributed by atoms with E-state index < -0.39 is 0 Å². The molecule has 0 heterocycles. The maximum absolute atomic E-state index is 3.75. The summed E-state index contributed by atoms with van der Waals surface area (Å²) in [4.78, 5) is 0. The lowest BCUT2D eigenvalue weighted by molar-refractivity contribution is 0.316. The second-order valence-corrected chi connectivity index (χ2v) is 3.44. The Labute approximate surface area is 70.9 Å². The van der Waals surface area contributed by atoms with Crippen molar-refractivity contribution in [3.05, 3.63) is 12.7 Å². The van der Waals surface area contributed by atoms with Crippen LogP contribution in [-0.4, -0.2) is 11.6 Å². The van der Waals surface area contributed by atoms with E-state index in [0.717, 1.165) is 0 Å². The quantitative estimate of drug-likeness (QED) is 0.602. The van der Waals surface area contributed by atoms with Gasteiger partial charge in [-0.15, -0.1) is 6.58 Å². The van der Waals surface area contributed by atoms with Gasteiger partial charge in [-0.3, -0.25) is 0 Å². The Bertz CT molecular complexity index is 114. The van der Waals surface area contributed by atoms with Crippen molar-refractivity contribution in [2.45, 2.75) is 52.1 Å². The highest BCUT2D eigenvalue weighted by molar-refractivity contribution is 4.89. The van der Waals surface area contributed by atoms with Gasteiger partial charge in [-0.25, -0.2) is 0 Å². The van der Waals surface area contributed by atoms with Gasteiger partial charge in [-0.1, -0.05) is 19.9 Å². The highest BCUT2D eigenvalue weighted by Gasteiger charge is 2.19. The molecule has 0 radical (unpaired) electrons. The van der Waals surface area contributed by atoms with Crippen molar-refractivity contribution < 1.29 is 0 Å². The predicted molar refractivity (Wildman–Crippen MR) is 51.8 cm³/mol. The molecular formula is C10H21N. The van der Waals surface area contributed by atoms with Gasteiger partial charge in [-0.05, 0) is 26.7 Å². The summed E-state index contributed by atoms with van der Waals surface area (Å²) in [5.41, 5.74) is 0.285. The molecule has 1 atom stereocenters. The lowest BCUT2D eigenvalue weighted by atomic mass is 9.94. The fourth-order valence-corrected chi connectivity index (χ4v) is 1.06. The molecule has 1 heteroatoms. The lowest BCUT2D eigenvalue weighted by Crippen LogP contribution is -2.45. The normalized spacial score (nSPS) is 14.5. The molecule has 0 rings (SSSR count). The molecule has 1 nitrogen and oxygen atoms in total. The van der Waals surface area contributed by atoms with E-state index >= 15 is 0 Å². The molecule has 0 amide bonds. The monoisotopic (exact) mass is 155 g/mol. The third-order valence-electron chi connectivity index (χ3n) is 2.49. The van der Waals surface area contributed by atoms with Crippen LogP contribution in [0.15, 0.2) is 12.7 Å². The predicted octanol–water partition coefficient (Wildman–Crippen LogP) is 2.73. The maximum atomic E-state index is 3.75. The minimum absolute atomic E-state index is 0.285. The SMILES string of the molecule is C=CC(C)NC(C)(CC)CC. The summed E-state index contributed by atoms with van der Waals surface area (Å²) in [6.07, 6.45) is 4.28. The first-order chi connectivity index (χ1) is 5.08. The van der Waals surface area contributed by atoms with E-state index in [1.165, 1.54) is 12.8 Å². The van der Waals surface area contributed by atoms with Crippen LogP contribution < -0.4 is 5.32 Å². The fraction of sp³-hybridized carbons (Fsp3) is 0.800. The Kier molecular flexibility index (Phi) is 4.43. The Morgan fingerprint density at radius 2 is 1.91 bits per heavy atom. The third-order valence-corrected chi connectivity index (χ3v) is 2.49. The van der Waals surface area contributed by atoms with Crippen LogP contribution in [0.25, 0.3) is 0 Å². The summed E-state index contributed by atoms with van der Waals surface area (Å²) >= 11 is 0. The Morgan fingerprint density at radius 1 is 1.45 bits per heavy atom. The van der Waals surface area contributed by atoms with Crippen molar-refractivity contribution in [1.29, 1.82) is 0 Å². The number of nitrogens with one attached hydrogen (secondary N) is 1. The van der Waals surface area contributed by atoms with E-state index in [4.69, 9.17) is 0 Å². The van der Waals surface area contributed by atoms with Gasteiger partial charge in [0.15, 0.2) is 0 Å². The zero-order valence-electron chi connectivity index (χ0n) is 8.28. The van der Waals surface area contributed by atoms with E-state index in [0.29, 0.717) is 6.04 Å². The third kappa shape index (κ3) is 3.57. The number of hydrogen-bond acceptors (Lipinski definition) is 1. The minimum atomic E-state index is 0.285. The molecular weight excluding hydrogens is 134 g/mol. The van der Waals surface area contributed by atoms with E-state index in [2.05, 4.69) is 39.6 Å². The van der Waals surface area contributed by atoms with Gasteiger partial charge in [-0.2, -0.15) is 0 Å². The van der Waals surface area contributed by atoms with Crippen molar-refractivity contribution in [1.82, 2.24) is 5.32 Å². The smallest absolute Gasteiger partial charge is 0.0224 e. The molecule has 0 aromatic carbocycles. The van der Waals surface area contributed by atoms with Gasteiger partial charge < -0.3 is 5.32 Å². The molecule has 0 aromatic heterocycles. The summed E-state index contributed by atoms with van der Waals surface area (Å²) in [6.45, 7) is 12.6. The van der Waals surface area contributed by atoms with Crippen LogP contribution in [-0.2, 0) is 0 Å². The van der Waals surface area contributed by atoms with Crippen LogP contribution >= 0.6 is 0 Å². The Balaban J connectivity index is 3.95. The highest BCUT2D eigenvalue weighted by atomic mass is 15.0. The van der Waals surface area contributed by atoms with Gasteiger partial charge in [0.05, 0.1) is 0 Å². The largest absolute Gasteiger partial charge is 0.306 e. The molecule has 1 N–H and O–H groups in total. The average molecular weight is 155 g/mol. The van der Waals surface area contributed by atoms with Crippen molar-refractivity contribution in [3.63, 3.8) is 0 Å². The van der Waals surface area contributed by atoms with Crippen molar-refractivity contribution in [3.8, 4) is 0 Å². The molecule has 0 aromatic rings. The average Bonchev–Trinajstić information content (AvgIpc) is 2.04. The van der Waals surface area contributed by atoms with Crippen LogP contribution in [0.4, 0.5) is 0 Å². The molecule has 0 aliphatic heterocycles. The van der Waals surface area contributed by atoms with E-state index in [9.17, 15) is 0 Å². The number of hydrogen-bond donors (Lipinski definition) is 1. The topological polar surface area (TPSA) is 12.0 Å². The van der Waals surface area contributed by atoms with E-state index in [1.807, 2.05) is 6.08 Å². The minimum Gasteiger partial charge on any atom is -0.306 e. The second-order valence-electron chi connectivity index (χ2n) is 3.44. The summed E-state index contributed by atoms with van der Waals surface area (Å²) < 4.78 is 0. The summed E-state index contributed by atoms with van der Waals surface area (Å²) in [5.74, 6) is 0. The molecule has 0 fully saturated rings. The van der Waals surface area contributed by atoms with Gasteiger partial charge in [0, 0.05) is 11.6 Å². The van der Waals surface area contributed by atoms with Crippen LogP contribution in [0, 0.1) is 0 Å². The van der Waals surface area contributed by atoms with Gasteiger partial charge >= 0.3 is 0 Å². The van der Waals surface area contributed by atoms with Gasteiger partial charge in [0.1, 0.15) is 0 Å². The molecule has 0 aliphatic rings. The molecule has 66 valence electrons. The zero-order chi connectivity index (χ0) is 8.91. The first-order valence-electron chi connectivity index (χ1n) is 4.48. The molecule has 11 heavy (non-hydrogen) atoms. The van der Waals surface area contributed by atoms with Crippen molar-refractivity contribution >= 4 is 0 Å². The lowest BCUT2D eigenvalue weighted by Gasteiger charge is -2.30. The molecule has 0 saturated carbocycles. The zero-order valence-corrected chi connectivity index (χ0v) is 8.28. The second kappa shape index (κ2) is 4.55. The standard InChI is InChI=1S/C10H21N/c1-6-9(4)11-10(5,7-2)8-3/h6,9,11H,1,7-8H2,2-5H3.